The minimum absolute atomic E-state index is 0.173. The monoisotopic (exact) mass is 329 g/mol. The third-order valence-electron chi connectivity index (χ3n) is 4.06. The normalized spacial score (nSPS) is 15.1. The number of urea groups is 1. The first-order valence-corrected chi connectivity index (χ1v) is 8.36. The summed E-state index contributed by atoms with van der Waals surface area (Å²) in [5.41, 5.74) is 2.44. The number of carbonyl (C=O) groups is 1. The van der Waals surface area contributed by atoms with Crippen LogP contribution in [-0.4, -0.2) is 24.3 Å². The van der Waals surface area contributed by atoms with Crippen LogP contribution in [0.1, 0.15) is 48.8 Å². The third-order valence-corrected chi connectivity index (χ3v) is 4.06. The number of amides is 2. The molecule has 1 aromatic carbocycles. The second kappa shape index (κ2) is 7.49. The van der Waals surface area contributed by atoms with Crippen LogP contribution in [0.5, 0.6) is 0 Å². The molecule has 1 aromatic heterocycles. The second-order valence-corrected chi connectivity index (χ2v) is 5.97. The molecule has 1 atom stereocenters. The first-order chi connectivity index (χ1) is 11.7. The van der Waals surface area contributed by atoms with Crippen molar-refractivity contribution in [3.63, 3.8) is 0 Å². The molecule has 2 aromatic rings. The molecule has 3 rings (SSSR count). The van der Waals surface area contributed by atoms with Gasteiger partial charge >= 0.3 is 6.03 Å². The van der Waals surface area contributed by atoms with Gasteiger partial charge in [0.1, 0.15) is 11.4 Å². The lowest BCUT2D eigenvalue weighted by atomic mass is 10.1. The van der Waals surface area contributed by atoms with E-state index in [1.807, 2.05) is 44.2 Å². The van der Waals surface area contributed by atoms with Gasteiger partial charge in [-0.15, -0.1) is 0 Å². The smallest absolute Gasteiger partial charge is 0.319 e. The first-order valence-electron chi connectivity index (χ1n) is 8.36. The number of aromatic nitrogens is 1. The van der Waals surface area contributed by atoms with E-state index in [0.29, 0.717) is 30.5 Å². The maximum atomic E-state index is 12.3. The van der Waals surface area contributed by atoms with Gasteiger partial charge in [-0.2, -0.15) is 0 Å². The van der Waals surface area contributed by atoms with Crippen molar-refractivity contribution >= 4 is 11.7 Å². The number of hydrogen-bond donors (Lipinski definition) is 2. The summed E-state index contributed by atoms with van der Waals surface area (Å²) >= 11 is 0. The molecule has 0 unspecified atom stereocenters. The fraction of sp³-hybridized carbons (Fsp3) is 0.444. The zero-order valence-corrected chi connectivity index (χ0v) is 14.0. The van der Waals surface area contributed by atoms with Gasteiger partial charge in [-0.05, 0) is 32.3 Å². The predicted molar refractivity (Wildman–Crippen MR) is 91.0 cm³/mol. The number of benzene rings is 1. The first kappa shape index (κ1) is 16.5. The van der Waals surface area contributed by atoms with Crippen LogP contribution in [0.25, 0.3) is 0 Å². The van der Waals surface area contributed by atoms with E-state index in [1.54, 1.807) is 0 Å². The second-order valence-electron chi connectivity index (χ2n) is 5.97. The number of hydrogen-bond acceptors (Lipinski definition) is 4. The minimum Gasteiger partial charge on any atom is -0.372 e. The van der Waals surface area contributed by atoms with Crippen LogP contribution in [-0.2, 0) is 4.74 Å². The molecule has 2 N–H and O–H groups in total. The number of anilines is 1. The van der Waals surface area contributed by atoms with Crippen molar-refractivity contribution in [3.8, 4) is 0 Å². The number of carbonyl (C=O) groups excluding carboxylic acids is 1. The van der Waals surface area contributed by atoms with Gasteiger partial charge in [-0.1, -0.05) is 35.5 Å². The molecule has 2 amide bonds. The van der Waals surface area contributed by atoms with E-state index in [9.17, 15) is 4.79 Å². The highest BCUT2D eigenvalue weighted by Gasteiger charge is 2.32. The van der Waals surface area contributed by atoms with Crippen molar-refractivity contribution in [2.75, 3.05) is 18.5 Å². The summed E-state index contributed by atoms with van der Waals surface area (Å²) in [6.07, 6.45) is 2.00. The van der Waals surface area contributed by atoms with Crippen molar-refractivity contribution < 1.29 is 14.1 Å². The Bertz CT molecular complexity index is 680. The molecular formula is C18H23N3O3. The molecule has 1 saturated carbocycles. The Morgan fingerprint density at radius 1 is 1.38 bits per heavy atom. The van der Waals surface area contributed by atoms with E-state index in [-0.39, 0.29) is 12.1 Å². The molecule has 1 aliphatic carbocycles. The quantitative estimate of drug-likeness (QED) is 0.811. The zero-order valence-electron chi connectivity index (χ0n) is 14.0. The number of rotatable bonds is 7. The molecule has 6 nitrogen and oxygen atoms in total. The Balaban J connectivity index is 1.59. The Morgan fingerprint density at radius 2 is 2.12 bits per heavy atom. The summed E-state index contributed by atoms with van der Waals surface area (Å²) < 4.78 is 11.1. The van der Waals surface area contributed by atoms with Gasteiger partial charge in [-0.3, -0.25) is 0 Å². The van der Waals surface area contributed by atoms with Gasteiger partial charge in [0.05, 0.1) is 6.10 Å². The molecule has 1 heterocycles. The topological polar surface area (TPSA) is 76.4 Å². The van der Waals surface area contributed by atoms with Crippen LogP contribution < -0.4 is 10.6 Å². The molecule has 1 fully saturated rings. The van der Waals surface area contributed by atoms with Gasteiger partial charge in [0.25, 0.3) is 0 Å². The number of aryl methyl sites for hydroxylation is 1. The standard InChI is InChI=1S/C18H23N3O3/c1-3-23-15(13-7-5-4-6-8-13)11-19-18(22)20-16-12(2)21-24-17(16)14-9-10-14/h4-8,14-15H,3,9-11H2,1-2H3,(H2,19,20,22)/t15-/m1/s1. The highest BCUT2D eigenvalue weighted by atomic mass is 16.5. The predicted octanol–water partition coefficient (Wildman–Crippen LogP) is 3.76. The molecule has 0 radical (unpaired) electrons. The summed E-state index contributed by atoms with van der Waals surface area (Å²) in [4.78, 5) is 12.3. The fourth-order valence-corrected chi connectivity index (χ4v) is 2.65. The molecule has 0 spiro atoms. The van der Waals surface area contributed by atoms with E-state index >= 15 is 0 Å². The summed E-state index contributed by atoms with van der Waals surface area (Å²) in [6.45, 7) is 4.75. The number of nitrogens with one attached hydrogen (secondary N) is 2. The van der Waals surface area contributed by atoms with Gasteiger partial charge in [-0.25, -0.2) is 4.79 Å². The summed E-state index contributed by atoms with van der Waals surface area (Å²) in [6, 6.07) is 9.60. The molecule has 0 aliphatic heterocycles. The van der Waals surface area contributed by atoms with E-state index in [0.717, 1.165) is 24.2 Å². The Hall–Kier alpha value is -2.34. The van der Waals surface area contributed by atoms with Crippen molar-refractivity contribution in [1.29, 1.82) is 0 Å². The van der Waals surface area contributed by atoms with E-state index in [1.165, 1.54) is 0 Å². The summed E-state index contributed by atoms with van der Waals surface area (Å²) in [5.74, 6) is 1.18. The third kappa shape index (κ3) is 3.94. The molecular weight excluding hydrogens is 306 g/mol. The minimum atomic E-state index is -0.274. The van der Waals surface area contributed by atoms with E-state index in [4.69, 9.17) is 9.26 Å². The van der Waals surface area contributed by atoms with Crippen LogP contribution in [0.2, 0.25) is 0 Å². The van der Waals surface area contributed by atoms with Gasteiger partial charge in [0, 0.05) is 19.1 Å². The van der Waals surface area contributed by atoms with Crippen LogP contribution in [0.3, 0.4) is 0 Å². The van der Waals surface area contributed by atoms with Crippen molar-refractivity contribution in [2.45, 2.75) is 38.7 Å². The maximum absolute atomic E-state index is 12.3. The average Bonchev–Trinajstić information content (AvgIpc) is 3.38. The Morgan fingerprint density at radius 3 is 2.79 bits per heavy atom. The van der Waals surface area contributed by atoms with Crippen LogP contribution in [0, 0.1) is 6.92 Å². The van der Waals surface area contributed by atoms with E-state index < -0.39 is 0 Å². The van der Waals surface area contributed by atoms with Crippen LogP contribution in [0.15, 0.2) is 34.9 Å². The highest BCUT2D eigenvalue weighted by molar-refractivity contribution is 5.90. The lowest BCUT2D eigenvalue weighted by molar-refractivity contribution is 0.0643. The maximum Gasteiger partial charge on any atom is 0.319 e. The highest BCUT2D eigenvalue weighted by Crippen LogP contribution is 2.44. The summed E-state index contributed by atoms with van der Waals surface area (Å²) in [5, 5.41) is 9.70. The lowest BCUT2D eigenvalue weighted by Gasteiger charge is -2.18. The molecule has 0 saturated heterocycles. The van der Waals surface area contributed by atoms with Crippen molar-refractivity contribution in [1.82, 2.24) is 10.5 Å². The SMILES string of the molecule is CCO[C@H](CNC(=O)Nc1c(C)noc1C1CC1)c1ccccc1. The van der Waals surface area contributed by atoms with Crippen LogP contribution >= 0.6 is 0 Å². The number of nitrogens with zero attached hydrogens (tertiary/aromatic N) is 1. The average molecular weight is 329 g/mol. The zero-order chi connectivity index (χ0) is 16.9. The molecule has 24 heavy (non-hydrogen) atoms. The molecule has 128 valence electrons. The van der Waals surface area contributed by atoms with E-state index in [2.05, 4.69) is 15.8 Å². The molecule has 1 aliphatic rings. The molecule has 6 heteroatoms. The molecule has 0 bridgehead atoms. The fourth-order valence-electron chi connectivity index (χ4n) is 2.65. The number of ether oxygens (including phenoxy) is 1. The summed E-state index contributed by atoms with van der Waals surface area (Å²) in [7, 11) is 0. The van der Waals surface area contributed by atoms with Gasteiger partial charge < -0.3 is 19.9 Å². The van der Waals surface area contributed by atoms with Crippen molar-refractivity contribution in [3.05, 3.63) is 47.3 Å². The largest absolute Gasteiger partial charge is 0.372 e. The van der Waals surface area contributed by atoms with Crippen LogP contribution in [0.4, 0.5) is 10.5 Å². The Labute approximate surface area is 141 Å². The van der Waals surface area contributed by atoms with Crippen molar-refractivity contribution in [2.24, 2.45) is 0 Å². The lowest BCUT2D eigenvalue weighted by Crippen LogP contribution is -2.33. The van der Waals surface area contributed by atoms with Gasteiger partial charge in [0.2, 0.25) is 0 Å². The Kier molecular flexibility index (Phi) is 5.15. The van der Waals surface area contributed by atoms with Gasteiger partial charge in [0.15, 0.2) is 5.76 Å².